The summed E-state index contributed by atoms with van der Waals surface area (Å²) in [6, 6.07) is 5.49. The van der Waals surface area contributed by atoms with E-state index in [1.54, 1.807) is 12.4 Å². The number of nitrogen functional groups attached to an aromatic ring is 1. The number of allylic oxidation sites excluding steroid dienone is 1. The topological polar surface area (TPSA) is 69.6 Å². The summed E-state index contributed by atoms with van der Waals surface area (Å²) in [5.41, 5.74) is 6.41. The van der Waals surface area contributed by atoms with Crippen LogP contribution in [0.2, 0.25) is 0 Å². The van der Waals surface area contributed by atoms with E-state index in [9.17, 15) is 0 Å². The van der Waals surface area contributed by atoms with Crippen LogP contribution in [0.4, 0.5) is 5.82 Å². The average molecular weight is 229 g/mol. The molecule has 0 saturated carbocycles. The lowest BCUT2D eigenvalue weighted by Gasteiger charge is -2.05. The molecular weight excluding hydrogens is 214 g/mol. The molecular formula is C12H15N5. The van der Waals surface area contributed by atoms with Gasteiger partial charge in [-0.15, -0.1) is 16.8 Å². The van der Waals surface area contributed by atoms with Crippen molar-refractivity contribution < 1.29 is 0 Å². The highest BCUT2D eigenvalue weighted by Gasteiger charge is 2.08. The molecule has 0 spiro atoms. The number of aromatic nitrogens is 4. The number of unbranched alkanes of at least 4 members (excludes halogenated alkanes) is 1. The first-order valence-electron chi connectivity index (χ1n) is 5.53. The minimum atomic E-state index is 0.489. The molecule has 0 aliphatic carbocycles. The van der Waals surface area contributed by atoms with Crippen LogP contribution in [-0.2, 0) is 6.54 Å². The molecule has 0 bridgehead atoms. The number of rotatable bonds is 5. The van der Waals surface area contributed by atoms with Crippen LogP contribution < -0.4 is 5.73 Å². The van der Waals surface area contributed by atoms with Crippen molar-refractivity contribution in [2.45, 2.75) is 19.4 Å². The molecule has 0 unspecified atom stereocenters. The van der Waals surface area contributed by atoms with Gasteiger partial charge in [0.05, 0.1) is 0 Å². The van der Waals surface area contributed by atoms with Gasteiger partial charge in [0.2, 0.25) is 0 Å². The minimum absolute atomic E-state index is 0.489. The number of anilines is 1. The van der Waals surface area contributed by atoms with E-state index < -0.39 is 0 Å². The van der Waals surface area contributed by atoms with Crippen LogP contribution in [0.3, 0.4) is 0 Å². The first kappa shape index (κ1) is 11.3. The predicted octanol–water partition coefficient (Wildman–Crippen LogP) is 1.89. The van der Waals surface area contributed by atoms with Gasteiger partial charge >= 0.3 is 0 Å². The van der Waals surface area contributed by atoms with Gasteiger partial charge in [-0.1, -0.05) is 12.1 Å². The second kappa shape index (κ2) is 5.25. The zero-order valence-electron chi connectivity index (χ0n) is 9.58. The van der Waals surface area contributed by atoms with E-state index in [2.05, 4.69) is 21.8 Å². The number of nitrogens with two attached hydrogens (primary N) is 1. The van der Waals surface area contributed by atoms with Crippen molar-refractivity contribution in [3.63, 3.8) is 0 Å². The second-order valence-electron chi connectivity index (χ2n) is 3.73. The monoisotopic (exact) mass is 229 g/mol. The Labute approximate surface area is 100 Å². The summed E-state index contributed by atoms with van der Waals surface area (Å²) in [6.45, 7) is 4.55. The molecule has 88 valence electrons. The maximum absolute atomic E-state index is 5.65. The van der Waals surface area contributed by atoms with Crippen molar-refractivity contribution in [1.82, 2.24) is 19.7 Å². The Morgan fingerprint density at radius 2 is 2.29 bits per heavy atom. The van der Waals surface area contributed by atoms with Gasteiger partial charge in [-0.05, 0) is 25.0 Å². The lowest BCUT2D eigenvalue weighted by atomic mass is 10.3. The Bertz CT molecular complexity index is 503. The Hall–Kier alpha value is -2.17. The molecule has 2 N–H and O–H groups in total. The first-order valence-corrected chi connectivity index (χ1v) is 5.53. The molecule has 5 heteroatoms. The maximum atomic E-state index is 5.65. The quantitative estimate of drug-likeness (QED) is 0.628. The third kappa shape index (κ3) is 2.69. The van der Waals surface area contributed by atoms with Crippen molar-refractivity contribution in [2.75, 3.05) is 5.73 Å². The molecule has 2 aromatic rings. The van der Waals surface area contributed by atoms with Crippen LogP contribution in [-0.4, -0.2) is 19.7 Å². The standard InChI is InChI=1S/C12H15N5/c1-2-3-4-8-17-9-14-16-12(17)10-6-5-7-11(13)15-10/h2,5-7,9H,1,3-4,8H2,(H2,13,15). The fourth-order valence-electron chi connectivity index (χ4n) is 1.60. The molecule has 0 atom stereocenters. The van der Waals surface area contributed by atoms with Gasteiger partial charge in [-0.3, -0.25) is 0 Å². The minimum Gasteiger partial charge on any atom is -0.384 e. The number of hydrogen-bond donors (Lipinski definition) is 1. The summed E-state index contributed by atoms with van der Waals surface area (Å²) >= 11 is 0. The largest absolute Gasteiger partial charge is 0.384 e. The lowest BCUT2D eigenvalue weighted by molar-refractivity contribution is 0.652. The summed E-state index contributed by atoms with van der Waals surface area (Å²) in [5.74, 6) is 1.24. The Balaban J connectivity index is 2.21. The van der Waals surface area contributed by atoms with E-state index >= 15 is 0 Å². The fraction of sp³-hybridized carbons (Fsp3) is 0.250. The number of aryl methyl sites for hydroxylation is 1. The van der Waals surface area contributed by atoms with E-state index in [-0.39, 0.29) is 0 Å². The lowest BCUT2D eigenvalue weighted by Crippen LogP contribution is -2.01. The van der Waals surface area contributed by atoms with E-state index in [1.807, 2.05) is 22.8 Å². The molecule has 0 radical (unpaired) electrons. The molecule has 0 saturated heterocycles. The molecule has 5 nitrogen and oxygen atoms in total. The van der Waals surface area contributed by atoms with Crippen molar-refractivity contribution in [1.29, 1.82) is 0 Å². The van der Waals surface area contributed by atoms with E-state index in [0.717, 1.165) is 30.9 Å². The molecule has 2 heterocycles. The van der Waals surface area contributed by atoms with Gasteiger partial charge < -0.3 is 10.3 Å². The van der Waals surface area contributed by atoms with Crippen LogP contribution in [0, 0.1) is 0 Å². The van der Waals surface area contributed by atoms with Gasteiger partial charge in [0.15, 0.2) is 5.82 Å². The van der Waals surface area contributed by atoms with Crippen LogP contribution in [0.5, 0.6) is 0 Å². The van der Waals surface area contributed by atoms with Crippen LogP contribution in [0.25, 0.3) is 11.5 Å². The normalized spacial score (nSPS) is 10.4. The van der Waals surface area contributed by atoms with Gasteiger partial charge in [0.25, 0.3) is 0 Å². The van der Waals surface area contributed by atoms with Crippen LogP contribution >= 0.6 is 0 Å². The molecule has 0 aliphatic heterocycles. The predicted molar refractivity (Wildman–Crippen MR) is 67.1 cm³/mol. The fourth-order valence-corrected chi connectivity index (χ4v) is 1.60. The third-order valence-electron chi connectivity index (χ3n) is 2.42. The van der Waals surface area contributed by atoms with Crippen LogP contribution in [0.1, 0.15) is 12.8 Å². The summed E-state index contributed by atoms with van der Waals surface area (Å²) in [4.78, 5) is 4.24. The molecule has 0 amide bonds. The molecule has 2 aromatic heterocycles. The van der Waals surface area contributed by atoms with Gasteiger partial charge in [0, 0.05) is 6.54 Å². The SMILES string of the molecule is C=CCCCn1cnnc1-c1cccc(N)n1. The van der Waals surface area contributed by atoms with E-state index in [0.29, 0.717) is 5.82 Å². The number of hydrogen-bond acceptors (Lipinski definition) is 4. The van der Waals surface area contributed by atoms with Crippen LogP contribution in [0.15, 0.2) is 37.2 Å². The Morgan fingerprint density at radius 3 is 3.06 bits per heavy atom. The third-order valence-corrected chi connectivity index (χ3v) is 2.42. The summed E-state index contributed by atoms with van der Waals surface area (Å²) < 4.78 is 1.98. The second-order valence-corrected chi connectivity index (χ2v) is 3.73. The highest BCUT2D eigenvalue weighted by atomic mass is 15.3. The van der Waals surface area contributed by atoms with Gasteiger partial charge in [-0.25, -0.2) is 4.98 Å². The Kier molecular flexibility index (Phi) is 3.49. The molecule has 2 rings (SSSR count). The van der Waals surface area contributed by atoms with Crippen molar-refractivity contribution in [2.24, 2.45) is 0 Å². The van der Waals surface area contributed by atoms with Crippen molar-refractivity contribution >= 4 is 5.82 Å². The zero-order chi connectivity index (χ0) is 12.1. The average Bonchev–Trinajstić information content (AvgIpc) is 2.78. The smallest absolute Gasteiger partial charge is 0.182 e. The Morgan fingerprint density at radius 1 is 1.41 bits per heavy atom. The van der Waals surface area contributed by atoms with Gasteiger partial charge in [0.1, 0.15) is 17.8 Å². The summed E-state index contributed by atoms with van der Waals surface area (Å²) in [7, 11) is 0. The van der Waals surface area contributed by atoms with Gasteiger partial charge in [-0.2, -0.15) is 0 Å². The molecule has 0 aromatic carbocycles. The molecule has 0 aliphatic rings. The number of nitrogens with zero attached hydrogens (tertiary/aromatic N) is 4. The molecule has 0 fully saturated rings. The summed E-state index contributed by atoms with van der Waals surface area (Å²) in [5, 5.41) is 7.99. The highest BCUT2D eigenvalue weighted by Crippen LogP contribution is 2.15. The molecule has 17 heavy (non-hydrogen) atoms. The summed E-state index contributed by atoms with van der Waals surface area (Å²) in [6.07, 6.45) is 5.60. The van der Waals surface area contributed by atoms with Crippen molar-refractivity contribution in [3.8, 4) is 11.5 Å². The highest BCUT2D eigenvalue weighted by molar-refractivity contribution is 5.52. The number of pyridine rings is 1. The maximum Gasteiger partial charge on any atom is 0.182 e. The van der Waals surface area contributed by atoms with E-state index in [4.69, 9.17) is 5.73 Å². The van der Waals surface area contributed by atoms with Crippen molar-refractivity contribution in [3.05, 3.63) is 37.2 Å². The zero-order valence-corrected chi connectivity index (χ0v) is 9.58. The van der Waals surface area contributed by atoms with E-state index in [1.165, 1.54) is 0 Å². The first-order chi connectivity index (χ1) is 8.31.